The molecule has 7 aromatic carbocycles. The molecule has 278 valence electrons. The number of hydrogen-bond donors (Lipinski definition) is 1. The van der Waals surface area contributed by atoms with Gasteiger partial charge < -0.3 is 9.55 Å². The molecule has 0 saturated heterocycles. The summed E-state index contributed by atoms with van der Waals surface area (Å²) < 4.78 is 34.7. The number of nitrogens with zero attached hydrogens (tertiary/aromatic N) is 6. The Labute approximate surface area is 331 Å². The molecule has 11 heteroatoms. The fraction of sp³-hybridized carbons (Fsp3) is 0.0213. The molecule has 11 aromatic rings. The van der Waals surface area contributed by atoms with E-state index in [4.69, 9.17) is 24.1 Å². The molecule has 58 heavy (non-hydrogen) atoms. The minimum atomic E-state index is -3.95. The topological polar surface area (TPSA) is 121 Å². The van der Waals surface area contributed by atoms with Crippen molar-refractivity contribution in [3.63, 3.8) is 0 Å². The third-order valence-electron chi connectivity index (χ3n) is 10.7. The zero-order valence-corrected chi connectivity index (χ0v) is 31.7. The summed E-state index contributed by atoms with van der Waals surface area (Å²) in [6, 6.07) is 54.3. The lowest BCUT2D eigenvalue weighted by Gasteiger charge is -2.13. The molecule has 11 rings (SSSR count). The fourth-order valence-corrected chi connectivity index (χ4v) is 8.91. The van der Waals surface area contributed by atoms with Crippen LogP contribution in [0.15, 0.2) is 169 Å². The van der Waals surface area contributed by atoms with Crippen LogP contribution in [0.3, 0.4) is 0 Å². The largest absolute Gasteiger partial charge is 0.337 e. The maximum Gasteiger partial charge on any atom is 0.298 e. The second-order valence-corrected chi connectivity index (χ2v) is 15.7. The number of imidazole rings is 1. The average molecular weight is 774 g/mol. The number of fused-ring (bicyclic) bond motifs is 8. The molecule has 4 heterocycles. The van der Waals surface area contributed by atoms with Gasteiger partial charge in [-0.25, -0.2) is 9.97 Å². The van der Waals surface area contributed by atoms with Crippen molar-refractivity contribution in [1.82, 2.24) is 34.1 Å². The van der Waals surface area contributed by atoms with Gasteiger partial charge in [0, 0.05) is 43.9 Å². The Morgan fingerprint density at radius 2 is 1.05 bits per heavy atom. The van der Waals surface area contributed by atoms with Crippen LogP contribution in [0.4, 0.5) is 0 Å². The summed E-state index contributed by atoms with van der Waals surface area (Å²) in [5, 5.41) is 4.33. The number of aromatic nitrogens is 7. The molecular formula is C47H31N7O3S. The van der Waals surface area contributed by atoms with Gasteiger partial charge in [-0.3, -0.25) is 8.75 Å². The van der Waals surface area contributed by atoms with Gasteiger partial charge in [0.05, 0.1) is 40.2 Å². The summed E-state index contributed by atoms with van der Waals surface area (Å²) in [6.45, 7) is 0. The number of nitrogens with one attached hydrogen (secondary N) is 1. The molecule has 0 bridgehead atoms. The number of benzene rings is 7. The van der Waals surface area contributed by atoms with E-state index in [1.165, 1.54) is 6.07 Å². The van der Waals surface area contributed by atoms with Gasteiger partial charge in [0.25, 0.3) is 10.1 Å². The first-order chi connectivity index (χ1) is 28.5. The predicted molar refractivity (Wildman–Crippen MR) is 229 cm³/mol. The van der Waals surface area contributed by atoms with Gasteiger partial charge in [-0.1, -0.05) is 115 Å². The molecule has 0 saturated carbocycles. The molecule has 4 aromatic heterocycles. The van der Waals surface area contributed by atoms with Crippen LogP contribution in [-0.2, 0) is 14.3 Å². The Morgan fingerprint density at radius 3 is 1.66 bits per heavy atom. The van der Waals surface area contributed by atoms with Gasteiger partial charge in [-0.15, -0.1) is 0 Å². The fourth-order valence-electron chi connectivity index (χ4n) is 8.08. The quantitative estimate of drug-likeness (QED) is 0.160. The maximum absolute atomic E-state index is 12.7. The zero-order valence-electron chi connectivity index (χ0n) is 30.9. The molecule has 0 aliphatic carbocycles. The maximum atomic E-state index is 12.7. The summed E-state index contributed by atoms with van der Waals surface area (Å²) in [7, 11) is -2.79. The summed E-state index contributed by atoms with van der Waals surface area (Å²) in [4.78, 5) is 23.4. The SMILES string of the molecule is COS(=O)(=O)c1cccc2nc(-c3ccc(-n4c5ccccc5c5ccc6c7ccccc7n(-c7nc(-c8ccccc8)nc(-c8ccccc8)n7)c6c54)cc3)[nH]c12. The van der Waals surface area contributed by atoms with Crippen molar-refractivity contribution in [3.05, 3.63) is 164 Å². The lowest BCUT2D eigenvalue weighted by molar-refractivity contribution is 0.398. The summed E-state index contributed by atoms with van der Waals surface area (Å²) in [6.07, 6.45) is 0. The van der Waals surface area contributed by atoms with Crippen molar-refractivity contribution in [2.45, 2.75) is 4.90 Å². The molecule has 0 aliphatic heterocycles. The molecule has 0 fully saturated rings. The van der Waals surface area contributed by atoms with E-state index in [0.717, 1.165) is 73.1 Å². The van der Waals surface area contributed by atoms with Crippen molar-refractivity contribution in [2.75, 3.05) is 7.11 Å². The van der Waals surface area contributed by atoms with Crippen molar-refractivity contribution >= 4 is 64.8 Å². The van der Waals surface area contributed by atoms with E-state index in [2.05, 4.69) is 80.8 Å². The normalized spacial score (nSPS) is 12.1. The molecule has 0 spiro atoms. The van der Waals surface area contributed by atoms with Gasteiger partial charge in [0.1, 0.15) is 10.7 Å². The lowest BCUT2D eigenvalue weighted by Crippen LogP contribution is -2.07. The van der Waals surface area contributed by atoms with Gasteiger partial charge in [-0.05, 0) is 48.5 Å². The second kappa shape index (κ2) is 13.1. The first-order valence-corrected chi connectivity index (χ1v) is 20.1. The monoisotopic (exact) mass is 773 g/mol. The van der Waals surface area contributed by atoms with Crippen molar-refractivity contribution < 1.29 is 12.6 Å². The number of hydrogen-bond acceptors (Lipinski definition) is 7. The van der Waals surface area contributed by atoms with Crippen LogP contribution in [0.2, 0.25) is 0 Å². The third kappa shape index (κ3) is 5.25. The number of H-pyrrole nitrogens is 1. The Hall–Kier alpha value is -7.47. The first-order valence-electron chi connectivity index (χ1n) is 18.7. The van der Waals surface area contributed by atoms with Crippen molar-refractivity contribution in [1.29, 1.82) is 0 Å². The highest BCUT2D eigenvalue weighted by Crippen LogP contribution is 2.42. The van der Waals surface area contributed by atoms with E-state index >= 15 is 0 Å². The van der Waals surface area contributed by atoms with E-state index in [9.17, 15) is 8.42 Å². The van der Waals surface area contributed by atoms with E-state index in [1.54, 1.807) is 12.1 Å². The minimum Gasteiger partial charge on any atom is -0.337 e. The Balaban J connectivity index is 1.18. The Kier molecular flexibility index (Phi) is 7.61. The van der Waals surface area contributed by atoms with Gasteiger partial charge in [-0.2, -0.15) is 18.4 Å². The second-order valence-electron chi connectivity index (χ2n) is 14.0. The highest BCUT2D eigenvalue weighted by Gasteiger charge is 2.24. The Bertz CT molecular complexity index is 3450. The van der Waals surface area contributed by atoms with E-state index in [1.807, 2.05) is 78.9 Å². The van der Waals surface area contributed by atoms with Gasteiger partial charge >= 0.3 is 0 Å². The van der Waals surface area contributed by atoms with Crippen LogP contribution in [0, 0.1) is 0 Å². The summed E-state index contributed by atoms with van der Waals surface area (Å²) >= 11 is 0. The molecule has 0 atom stereocenters. The minimum absolute atomic E-state index is 0.0394. The molecule has 0 aliphatic rings. The Morgan fingerprint density at radius 1 is 0.500 bits per heavy atom. The molecule has 10 nitrogen and oxygen atoms in total. The van der Waals surface area contributed by atoms with E-state index < -0.39 is 10.1 Å². The molecule has 1 N–H and O–H groups in total. The van der Waals surface area contributed by atoms with E-state index in [-0.39, 0.29) is 4.90 Å². The van der Waals surface area contributed by atoms with Gasteiger partial charge in [0.15, 0.2) is 11.6 Å². The first kappa shape index (κ1) is 33.8. The van der Waals surface area contributed by atoms with E-state index in [0.29, 0.717) is 34.5 Å². The molecular weight excluding hydrogens is 743 g/mol. The zero-order chi connectivity index (χ0) is 39.0. The molecule has 0 radical (unpaired) electrons. The van der Waals surface area contributed by atoms with Crippen LogP contribution in [0.25, 0.3) is 100 Å². The van der Waals surface area contributed by atoms with Crippen LogP contribution >= 0.6 is 0 Å². The predicted octanol–water partition coefficient (Wildman–Crippen LogP) is 10.3. The standard InChI is InChI=1S/C47H31N7O3S/c1-57-58(55,56)40-22-12-19-37-41(40)49-44(48-37)31-23-25-32(26-24-31)53-38-20-10-8-17-33(38)35-27-28-36-34-18-9-11-21-39(34)54(43(36)42(35)53)47-51-45(29-13-4-2-5-14-29)50-46(52-47)30-15-6-3-7-16-30/h2-28H,1H3,(H,48,49). The van der Waals surface area contributed by atoms with Crippen LogP contribution in [0.1, 0.15) is 0 Å². The van der Waals surface area contributed by atoms with Crippen LogP contribution in [0.5, 0.6) is 0 Å². The average Bonchev–Trinajstić information content (AvgIpc) is 3.97. The van der Waals surface area contributed by atoms with Crippen molar-refractivity contribution in [2.24, 2.45) is 0 Å². The lowest BCUT2D eigenvalue weighted by atomic mass is 10.1. The summed E-state index contributed by atoms with van der Waals surface area (Å²) in [5.41, 5.74) is 8.42. The number of rotatable bonds is 7. The number of para-hydroxylation sites is 3. The smallest absolute Gasteiger partial charge is 0.298 e. The molecule has 0 unspecified atom stereocenters. The van der Waals surface area contributed by atoms with Crippen LogP contribution < -0.4 is 0 Å². The number of aromatic amines is 1. The third-order valence-corrected chi connectivity index (χ3v) is 12.0. The van der Waals surface area contributed by atoms with Gasteiger partial charge in [0.2, 0.25) is 5.95 Å². The molecule has 0 amide bonds. The van der Waals surface area contributed by atoms with Crippen molar-refractivity contribution in [3.8, 4) is 45.8 Å². The highest BCUT2D eigenvalue weighted by molar-refractivity contribution is 7.87. The summed E-state index contributed by atoms with van der Waals surface area (Å²) in [5.74, 6) is 2.22. The van der Waals surface area contributed by atoms with Crippen LogP contribution in [-0.4, -0.2) is 49.6 Å². The highest BCUT2D eigenvalue weighted by atomic mass is 32.2.